The van der Waals surface area contributed by atoms with Crippen molar-refractivity contribution in [2.45, 2.75) is 19.2 Å². The maximum absolute atomic E-state index is 6.16. The molecule has 0 aliphatic carbocycles. The van der Waals surface area contributed by atoms with Crippen LogP contribution >= 0.6 is 7.92 Å². The predicted octanol–water partition coefficient (Wildman–Crippen LogP) is 4.24. The Hall–Kier alpha value is -1.73. The second-order valence-corrected chi connectivity index (χ2v) is 8.44. The Kier molecular flexibility index (Phi) is 3.78. The van der Waals surface area contributed by atoms with E-state index in [2.05, 4.69) is 26.6 Å². The summed E-state index contributed by atoms with van der Waals surface area (Å²) in [4.78, 5) is 0. The molecule has 3 rings (SSSR count). The Balaban J connectivity index is 2.27. The Bertz CT molecular complexity index is 687. The summed E-state index contributed by atoms with van der Waals surface area (Å²) in [5.41, 5.74) is 2.14. The zero-order chi connectivity index (χ0) is 15.9. The molecule has 0 saturated heterocycles. The van der Waals surface area contributed by atoms with Crippen molar-refractivity contribution < 1.29 is 14.2 Å². The first kappa shape index (κ1) is 15.2. The summed E-state index contributed by atoms with van der Waals surface area (Å²) in [5.74, 6) is 2.62. The highest BCUT2D eigenvalue weighted by Gasteiger charge is 2.40. The summed E-state index contributed by atoms with van der Waals surface area (Å²) >= 11 is 0. The maximum Gasteiger partial charge on any atom is 0.130 e. The summed E-state index contributed by atoms with van der Waals surface area (Å²) in [5, 5.41) is 1.13. The molecule has 0 bridgehead atoms. The van der Waals surface area contributed by atoms with Gasteiger partial charge in [0.2, 0.25) is 0 Å². The number of ether oxygens (including phenoxy) is 3. The van der Waals surface area contributed by atoms with E-state index in [9.17, 15) is 0 Å². The van der Waals surface area contributed by atoms with Crippen LogP contribution in [0.4, 0.5) is 0 Å². The molecular formula is C18H21O3P. The van der Waals surface area contributed by atoms with Crippen LogP contribution in [0.25, 0.3) is 11.1 Å². The Morgan fingerprint density at radius 2 is 1.55 bits per heavy atom. The number of methoxy groups -OCH3 is 2. The molecule has 3 nitrogen and oxygen atoms in total. The topological polar surface area (TPSA) is 27.7 Å². The molecule has 0 saturated carbocycles. The van der Waals surface area contributed by atoms with Crippen LogP contribution in [0.15, 0.2) is 36.4 Å². The summed E-state index contributed by atoms with van der Waals surface area (Å²) < 4.78 is 17.3. The van der Waals surface area contributed by atoms with E-state index in [-0.39, 0.29) is 5.34 Å². The first-order valence-electron chi connectivity index (χ1n) is 7.27. The van der Waals surface area contributed by atoms with Crippen molar-refractivity contribution in [1.82, 2.24) is 0 Å². The molecule has 1 aliphatic rings. The Morgan fingerprint density at radius 3 is 2.14 bits per heavy atom. The standard InChI is InChI=1S/C18H21O3P/c1-18(2)21-15-11-6-8-12(17(15)22(18)5)16-13(19-3)9-7-10-14(16)20-4/h6-11H,1-5H3. The number of fused-ring (bicyclic) bond motifs is 1. The zero-order valence-corrected chi connectivity index (χ0v) is 14.5. The second-order valence-electron chi connectivity index (χ2n) is 5.80. The van der Waals surface area contributed by atoms with Crippen LogP contribution in [0.5, 0.6) is 17.2 Å². The number of hydrogen-bond donors (Lipinski definition) is 0. The summed E-state index contributed by atoms with van der Waals surface area (Å²) in [7, 11) is 2.95. The molecule has 22 heavy (non-hydrogen) atoms. The van der Waals surface area contributed by atoms with Crippen LogP contribution in [-0.2, 0) is 0 Å². The predicted molar refractivity (Wildman–Crippen MR) is 92.2 cm³/mol. The van der Waals surface area contributed by atoms with Gasteiger partial charge in [-0.15, -0.1) is 0 Å². The first-order valence-corrected chi connectivity index (χ1v) is 9.05. The van der Waals surface area contributed by atoms with Gasteiger partial charge < -0.3 is 14.2 Å². The van der Waals surface area contributed by atoms with E-state index in [0.29, 0.717) is 0 Å². The van der Waals surface area contributed by atoms with E-state index in [4.69, 9.17) is 14.2 Å². The molecule has 2 aromatic rings. The van der Waals surface area contributed by atoms with Gasteiger partial charge in [0.05, 0.1) is 19.8 Å². The van der Waals surface area contributed by atoms with Crippen LogP contribution < -0.4 is 19.5 Å². The molecule has 1 unspecified atom stereocenters. The van der Waals surface area contributed by atoms with E-state index in [0.717, 1.165) is 28.4 Å². The van der Waals surface area contributed by atoms with Gasteiger partial charge in [0.25, 0.3) is 0 Å². The van der Waals surface area contributed by atoms with Crippen molar-refractivity contribution in [2.75, 3.05) is 20.9 Å². The maximum atomic E-state index is 6.16. The van der Waals surface area contributed by atoms with Crippen molar-refractivity contribution >= 4 is 13.2 Å². The van der Waals surface area contributed by atoms with Crippen molar-refractivity contribution in [3.05, 3.63) is 36.4 Å². The van der Waals surface area contributed by atoms with E-state index in [1.165, 1.54) is 5.30 Å². The van der Waals surface area contributed by atoms with Crippen LogP contribution in [0.1, 0.15) is 13.8 Å². The Morgan fingerprint density at radius 1 is 0.955 bits per heavy atom. The van der Waals surface area contributed by atoms with Crippen molar-refractivity contribution in [1.29, 1.82) is 0 Å². The second kappa shape index (κ2) is 5.48. The molecule has 0 N–H and O–H groups in total. The van der Waals surface area contributed by atoms with Crippen LogP contribution in [0.3, 0.4) is 0 Å². The van der Waals surface area contributed by atoms with Gasteiger partial charge in [-0.1, -0.05) is 18.2 Å². The molecule has 0 amide bonds. The van der Waals surface area contributed by atoms with E-state index in [1.54, 1.807) is 14.2 Å². The number of rotatable bonds is 3. The molecule has 1 aliphatic heterocycles. The lowest BCUT2D eigenvalue weighted by atomic mass is 10.0. The molecule has 0 spiro atoms. The van der Waals surface area contributed by atoms with Crippen molar-refractivity contribution in [3.63, 3.8) is 0 Å². The average molecular weight is 316 g/mol. The quantitative estimate of drug-likeness (QED) is 0.793. The highest BCUT2D eigenvalue weighted by Crippen LogP contribution is 2.56. The van der Waals surface area contributed by atoms with Gasteiger partial charge >= 0.3 is 0 Å². The van der Waals surface area contributed by atoms with Gasteiger partial charge in [0.1, 0.15) is 22.6 Å². The molecule has 0 fully saturated rings. The van der Waals surface area contributed by atoms with Gasteiger partial charge in [0.15, 0.2) is 0 Å². The molecule has 1 heterocycles. The molecular weight excluding hydrogens is 295 g/mol. The van der Waals surface area contributed by atoms with Crippen molar-refractivity contribution in [2.24, 2.45) is 0 Å². The summed E-state index contributed by atoms with van der Waals surface area (Å²) in [6.07, 6.45) is 0. The normalized spacial score (nSPS) is 18.5. The minimum atomic E-state index is -0.437. The number of benzene rings is 2. The molecule has 2 aromatic carbocycles. The molecule has 0 aromatic heterocycles. The third-order valence-corrected chi connectivity index (χ3v) is 7.04. The van der Waals surface area contributed by atoms with E-state index < -0.39 is 7.92 Å². The fourth-order valence-electron chi connectivity index (χ4n) is 2.88. The van der Waals surface area contributed by atoms with Gasteiger partial charge in [-0.25, -0.2) is 0 Å². The molecule has 0 radical (unpaired) electrons. The highest BCUT2D eigenvalue weighted by atomic mass is 31.1. The molecule has 4 heteroatoms. The SMILES string of the molecule is COc1cccc(OC)c1-c1cccc2c1P(C)C(C)(C)O2. The van der Waals surface area contributed by atoms with Gasteiger partial charge in [-0.2, -0.15) is 0 Å². The van der Waals surface area contributed by atoms with Crippen LogP contribution in [-0.4, -0.2) is 26.2 Å². The number of hydrogen-bond acceptors (Lipinski definition) is 3. The van der Waals surface area contributed by atoms with Crippen LogP contribution in [0.2, 0.25) is 0 Å². The van der Waals surface area contributed by atoms with Crippen LogP contribution in [0, 0.1) is 0 Å². The lowest BCUT2D eigenvalue weighted by Crippen LogP contribution is -2.21. The monoisotopic (exact) mass is 316 g/mol. The fraction of sp³-hybridized carbons (Fsp3) is 0.333. The summed E-state index contributed by atoms with van der Waals surface area (Å²) in [6, 6.07) is 12.1. The first-order chi connectivity index (χ1) is 10.5. The highest BCUT2D eigenvalue weighted by molar-refractivity contribution is 7.67. The van der Waals surface area contributed by atoms with Gasteiger partial charge in [0, 0.05) is 10.9 Å². The molecule has 116 valence electrons. The summed E-state index contributed by atoms with van der Waals surface area (Å²) in [6.45, 7) is 6.58. The van der Waals surface area contributed by atoms with Gasteiger partial charge in [-0.05, 0) is 46.6 Å². The van der Waals surface area contributed by atoms with Gasteiger partial charge in [-0.3, -0.25) is 0 Å². The lowest BCUT2D eigenvalue weighted by molar-refractivity contribution is 0.213. The fourth-order valence-corrected chi connectivity index (χ4v) is 4.65. The molecule has 1 atom stereocenters. The Labute approximate surface area is 133 Å². The third kappa shape index (κ3) is 2.24. The minimum Gasteiger partial charge on any atom is -0.496 e. The minimum absolute atomic E-state index is 0.150. The largest absolute Gasteiger partial charge is 0.496 e. The lowest BCUT2D eigenvalue weighted by Gasteiger charge is -2.24. The zero-order valence-electron chi connectivity index (χ0n) is 13.6. The van der Waals surface area contributed by atoms with E-state index in [1.807, 2.05) is 30.3 Å². The average Bonchev–Trinajstić information content (AvgIpc) is 2.76. The van der Waals surface area contributed by atoms with E-state index >= 15 is 0 Å². The third-order valence-electron chi connectivity index (χ3n) is 4.20. The van der Waals surface area contributed by atoms with Crippen molar-refractivity contribution in [3.8, 4) is 28.4 Å². The smallest absolute Gasteiger partial charge is 0.130 e.